The zero-order valence-electron chi connectivity index (χ0n) is 10.3. The molecule has 96 valence electrons. The van der Waals surface area contributed by atoms with E-state index in [1.807, 2.05) is 6.92 Å². The summed E-state index contributed by atoms with van der Waals surface area (Å²) in [5.41, 5.74) is 6.86. The quantitative estimate of drug-likeness (QED) is 0.842. The molecular weight excluding hydrogens is 234 g/mol. The van der Waals surface area contributed by atoms with Gasteiger partial charge in [-0.05, 0) is 26.2 Å². The van der Waals surface area contributed by atoms with Crippen molar-refractivity contribution < 1.29 is 4.74 Å². The van der Waals surface area contributed by atoms with Gasteiger partial charge in [-0.2, -0.15) is 0 Å². The second-order valence-electron chi connectivity index (χ2n) is 4.59. The minimum Gasteiger partial charge on any atom is -0.377 e. The van der Waals surface area contributed by atoms with Crippen LogP contribution in [0.25, 0.3) is 0 Å². The summed E-state index contributed by atoms with van der Waals surface area (Å²) < 4.78 is 5.66. The third-order valence-electron chi connectivity index (χ3n) is 2.91. The van der Waals surface area contributed by atoms with Crippen molar-refractivity contribution in [3.63, 3.8) is 0 Å². The average Bonchev–Trinajstić information content (AvgIpc) is 2.79. The van der Waals surface area contributed by atoms with Gasteiger partial charge in [-0.15, -0.1) is 11.3 Å². The Labute approximate surface area is 107 Å². The van der Waals surface area contributed by atoms with E-state index in [1.54, 1.807) is 11.3 Å². The van der Waals surface area contributed by atoms with Crippen LogP contribution in [0.3, 0.4) is 0 Å². The second-order valence-corrected chi connectivity index (χ2v) is 5.47. The Bertz CT molecular complexity index is 334. The van der Waals surface area contributed by atoms with Gasteiger partial charge in [-0.25, -0.2) is 4.98 Å². The molecule has 5 heteroatoms. The van der Waals surface area contributed by atoms with Crippen molar-refractivity contribution >= 4 is 11.3 Å². The van der Waals surface area contributed by atoms with Gasteiger partial charge in [0.15, 0.2) is 0 Å². The fraction of sp³-hybridized carbons (Fsp3) is 0.750. The molecule has 1 aliphatic heterocycles. The maximum atomic E-state index is 5.78. The van der Waals surface area contributed by atoms with E-state index in [1.165, 1.54) is 19.3 Å². The highest BCUT2D eigenvalue weighted by molar-refractivity contribution is 7.09. The fourth-order valence-electron chi connectivity index (χ4n) is 1.94. The van der Waals surface area contributed by atoms with Gasteiger partial charge in [0, 0.05) is 25.1 Å². The number of thiazole rings is 1. The molecule has 0 aromatic carbocycles. The Balaban J connectivity index is 1.70. The number of rotatable bonds is 5. The minimum absolute atomic E-state index is 0.0374. The molecular formula is C12H21N3OS. The van der Waals surface area contributed by atoms with E-state index in [-0.39, 0.29) is 6.04 Å². The second kappa shape index (κ2) is 6.44. The van der Waals surface area contributed by atoms with Crippen LogP contribution in [-0.4, -0.2) is 24.2 Å². The van der Waals surface area contributed by atoms with Crippen LogP contribution in [0, 0.1) is 0 Å². The van der Waals surface area contributed by atoms with Crippen molar-refractivity contribution in [1.29, 1.82) is 0 Å². The monoisotopic (exact) mass is 255 g/mol. The van der Waals surface area contributed by atoms with E-state index >= 15 is 0 Å². The Hall–Kier alpha value is -0.490. The predicted octanol–water partition coefficient (Wildman–Crippen LogP) is 1.82. The zero-order chi connectivity index (χ0) is 12.1. The van der Waals surface area contributed by atoms with E-state index in [2.05, 4.69) is 15.7 Å². The van der Waals surface area contributed by atoms with Crippen LogP contribution in [0.4, 0.5) is 0 Å². The smallest absolute Gasteiger partial charge is 0.109 e. The maximum absolute atomic E-state index is 5.78. The van der Waals surface area contributed by atoms with Gasteiger partial charge in [0.05, 0.1) is 17.8 Å². The van der Waals surface area contributed by atoms with Gasteiger partial charge in [0.25, 0.3) is 0 Å². The molecule has 0 aliphatic carbocycles. The molecule has 0 spiro atoms. The molecule has 1 aliphatic rings. The Morgan fingerprint density at radius 3 is 3.18 bits per heavy atom. The first-order chi connectivity index (χ1) is 8.25. The van der Waals surface area contributed by atoms with Gasteiger partial charge in [-0.3, -0.25) is 0 Å². The molecule has 2 rings (SSSR count). The normalized spacial score (nSPS) is 22.6. The van der Waals surface area contributed by atoms with E-state index in [9.17, 15) is 0 Å². The van der Waals surface area contributed by atoms with Crippen molar-refractivity contribution in [2.45, 2.75) is 44.9 Å². The highest BCUT2D eigenvalue weighted by atomic mass is 32.1. The molecule has 1 fully saturated rings. The highest BCUT2D eigenvalue weighted by Gasteiger charge is 2.13. The third-order valence-corrected chi connectivity index (χ3v) is 4.01. The van der Waals surface area contributed by atoms with Crippen molar-refractivity contribution in [3.05, 3.63) is 16.1 Å². The summed E-state index contributed by atoms with van der Waals surface area (Å²) in [7, 11) is 0. The van der Waals surface area contributed by atoms with Crippen LogP contribution in [0.2, 0.25) is 0 Å². The summed E-state index contributed by atoms with van der Waals surface area (Å²) in [5.74, 6) is 0. The highest BCUT2D eigenvalue weighted by Crippen LogP contribution is 2.16. The number of hydrogen-bond donors (Lipinski definition) is 2. The summed E-state index contributed by atoms with van der Waals surface area (Å²) >= 11 is 1.64. The number of hydrogen-bond acceptors (Lipinski definition) is 5. The molecule has 17 heavy (non-hydrogen) atoms. The molecule has 2 unspecified atom stereocenters. The van der Waals surface area contributed by atoms with E-state index in [0.29, 0.717) is 6.10 Å². The van der Waals surface area contributed by atoms with Crippen molar-refractivity contribution in [2.75, 3.05) is 13.2 Å². The molecule has 4 nitrogen and oxygen atoms in total. The number of aromatic nitrogens is 1. The van der Waals surface area contributed by atoms with E-state index in [0.717, 1.165) is 30.4 Å². The number of ether oxygens (including phenoxy) is 1. The predicted molar refractivity (Wildman–Crippen MR) is 70.0 cm³/mol. The number of nitrogens with two attached hydrogens (primary N) is 1. The molecule has 3 N–H and O–H groups in total. The fourth-order valence-corrected chi connectivity index (χ4v) is 2.72. The Morgan fingerprint density at radius 2 is 2.53 bits per heavy atom. The summed E-state index contributed by atoms with van der Waals surface area (Å²) in [5, 5.41) is 6.49. The van der Waals surface area contributed by atoms with Gasteiger partial charge < -0.3 is 15.8 Å². The van der Waals surface area contributed by atoms with Crippen LogP contribution < -0.4 is 11.1 Å². The maximum Gasteiger partial charge on any atom is 0.109 e. The van der Waals surface area contributed by atoms with Crippen LogP contribution in [0.5, 0.6) is 0 Å². The summed E-state index contributed by atoms with van der Waals surface area (Å²) in [6.45, 7) is 4.61. The Morgan fingerprint density at radius 1 is 1.65 bits per heavy atom. The van der Waals surface area contributed by atoms with Crippen molar-refractivity contribution in [3.8, 4) is 0 Å². The standard InChI is InChI=1S/C12H21N3OS/c1-9(13)12-15-10(8-17-12)6-14-7-11-4-2-3-5-16-11/h8-9,11,14H,2-7,13H2,1H3. The van der Waals surface area contributed by atoms with Crippen molar-refractivity contribution in [1.82, 2.24) is 10.3 Å². The lowest BCUT2D eigenvalue weighted by Gasteiger charge is -2.22. The lowest BCUT2D eigenvalue weighted by Crippen LogP contribution is -2.31. The van der Waals surface area contributed by atoms with Crippen LogP contribution in [-0.2, 0) is 11.3 Å². The third kappa shape index (κ3) is 4.03. The molecule has 0 amide bonds. The number of nitrogens with zero attached hydrogens (tertiary/aromatic N) is 1. The lowest BCUT2D eigenvalue weighted by molar-refractivity contribution is 0.0167. The molecule has 0 saturated carbocycles. The average molecular weight is 255 g/mol. The number of nitrogens with one attached hydrogen (secondary N) is 1. The lowest BCUT2D eigenvalue weighted by atomic mass is 10.1. The van der Waals surface area contributed by atoms with Crippen LogP contribution >= 0.6 is 11.3 Å². The van der Waals surface area contributed by atoms with Gasteiger partial charge in [-0.1, -0.05) is 0 Å². The largest absolute Gasteiger partial charge is 0.377 e. The first-order valence-corrected chi connectivity index (χ1v) is 7.16. The van der Waals surface area contributed by atoms with Gasteiger partial charge in [0.2, 0.25) is 0 Å². The molecule has 0 bridgehead atoms. The van der Waals surface area contributed by atoms with E-state index < -0.39 is 0 Å². The van der Waals surface area contributed by atoms with Crippen molar-refractivity contribution in [2.24, 2.45) is 5.73 Å². The SMILES string of the molecule is CC(N)c1nc(CNCC2CCCCO2)cs1. The molecule has 0 radical (unpaired) electrons. The molecule has 1 saturated heterocycles. The summed E-state index contributed by atoms with van der Waals surface area (Å²) in [6.07, 6.45) is 4.06. The topological polar surface area (TPSA) is 60.2 Å². The minimum atomic E-state index is 0.0374. The first kappa shape index (κ1) is 13.0. The molecule has 1 aromatic rings. The summed E-state index contributed by atoms with van der Waals surface area (Å²) in [6, 6.07) is 0.0374. The first-order valence-electron chi connectivity index (χ1n) is 6.28. The van der Waals surface area contributed by atoms with Crippen LogP contribution in [0.1, 0.15) is 42.9 Å². The summed E-state index contributed by atoms with van der Waals surface area (Å²) in [4.78, 5) is 4.48. The molecule has 2 atom stereocenters. The van der Waals surface area contributed by atoms with Crippen LogP contribution in [0.15, 0.2) is 5.38 Å². The zero-order valence-corrected chi connectivity index (χ0v) is 11.1. The molecule has 1 aromatic heterocycles. The Kier molecular flexibility index (Phi) is 4.91. The van der Waals surface area contributed by atoms with Gasteiger partial charge in [0.1, 0.15) is 5.01 Å². The van der Waals surface area contributed by atoms with E-state index in [4.69, 9.17) is 10.5 Å². The molecule has 2 heterocycles. The van der Waals surface area contributed by atoms with Gasteiger partial charge >= 0.3 is 0 Å².